The van der Waals surface area contributed by atoms with Gasteiger partial charge in [-0.2, -0.15) is 5.10 Å². The predicted molar refractivity (Wildman–Crippen MR) is 86.9 cm³/mol. The summed E-state index contributed by atoms with van der Waals surface area (Å²) < 4.78 is 5.27. The number of nitrogens with zero attached hydrogens (tertiary/aromatic N) is 2. The second-order valence-electron chi connectivity index (χ2n) is 6.69. The number of H-pyrrole nitrogens is 1. The predicted octanol–water partition coefficient (Wildman–Crippen LogP) is 2.01. The Balaban J connectivity index is 2.11. The molecule has 0 unspecified atom stereocenters. The highest BCUT2D eigenvalue weighted by molar-refractivity contribution is 5.83. The van der Waals surface area contributed by atoms with Crippen molar-refractivity contribution in [2.75, 3.05) is 19.7 Å². The van der Waals surface area contributed by atoms with Gasteiger partial charge in [-0.3, -0.25) is 14.7 Å². The molecule has 2 heterocycles. The summed E-state index contributed by atoms with van der Waals surface area (Å²) in [7, 11) is 0. The molecule has 1 aliphatic heterocycles. The zero-order valence-corrected chi connectivity index (χ0v) is 14.7. The Morgan fingerprint density at radius 2 is 2.09 bits per heavy atom. The van der Waals surface area contributed by atoms with E-state index in [1.807, 2.05) is 34.6 Å². The van der Waals surface area contributed by atoms with Crippen LogP contribution in [0.5, 0.6) is 0 Å². The van der Waals surface area contributed by atoms with E-state index < -0.39 is 5.41 Å². The van der Waals surface area contributed by atoms with Crippen LogP contribution >= 0.6 is 0 Å². The molecule has 2 rings (SSSR count). The van der Waals surface area contributed by atoms with Gasteiger partial charge in [-0.25, -0.2) is 0 Å². The van der Waals surface area contributed by atoms with E-state index in [9.17, 15) is 9.59 Å². The largest absolute Gasteiger partial charge is 0.466 e. The van der Waals surface area contributed by atoms with Crippen LogP contribution in [0, 0.1) is 25.2 Å². The Labute approximate surface area is 137 Å². The number of aryl methyl sites for hydroxylation is 2. The lowest BCUT2D eigenvalue weighted by Gasteiger charge is -2.30. The molecule has 1 fully saturated rings. The van der Waals surface area contributed by atoms with Gasteiger partial charge in [0.25, 0.3) is 0 Å². The molecule has 0 spiro atoms. The first-order chi connectivity index (χ1) is 10.8. The van der Waals surface area contributed by atoms with E-state index in [0.29, 0.717) is 32.5 Å². The third kappa shape index (κ3) is 3.26. The molecule has 1 N–H and O–H groups in total. The average Bonchev–Trinajstić information content (AvgIpc) is 3.07. The normalized spacial score (nSPS) is 21.0. The van der Waals surface area contributed by atoms with Crippen LogP contribution in [0.3, 0.4) is 0 Å². The van der Waals surface area contributed by atoms with Crippen molar-refractivity contribution >= 4 is 11.9 Å². The van der Waals surface area contributed by atoms with Gasteiger partial charge in [0, 0.05) is 24.3 Å². The number of likely N-dealkylation sites (tertiary alicyclic amines) is 1. The molecule has 0 bridgehead atoms. The lowest BCUT2D eigenvalue weighted by atomic mass is 9.76. The maximum atomic E-state index is 12.6. The minimum absolute atomic E-state index is 0.0458. The molecule has 1 aromatic rings. The van der Waals surface area contributed by atoms with E-state index in [1.54, 1.807) is 4.90 Å². The van der Waals surface area contributed by atoms with E-state index in [-0.39, 0.29) is 17.8 Å². The Morgan fingerprint density at radius 3 is 2.61 bits per heavy atom. The fourth-order valence-corrected chi connectivity index (χ4v) is 3.29. The van der Waals surface area contributed by atoms with Gasteiger partial charge < -0.3 is 9.64 Å². The second kappa shape index (κ2) is 6.72. The molecule has 1 saturated heterocycles. The van der Waals surface area contributed by atoms with E-state index in [4.69, 9.17) is 4.74 Å². The molecule has 0 aromatic carbocycles. The molecule has 6 nitrogen and oxygen atoms in total. The lowest BCUT2D eigenvalue weighted by Crippen LogP contribution is -2.42. The van der Waals surface area contributed by atoms with Crippen LogP contribution in [0.25, 0.3) is 0 Å². The number of aromatic amines is 1. The summed E-state index contributed by atoms with van der Waals surface area (Å²) in [6.45, 7) is 11.1. The van der Waals surface area contributed by atoms with E-state index in [1.165, 1.54) is 0 Å². The first kappa shape index (κ1) is 17.5. The third-order valence-electron chi connectivity index (χ3n) is 5.05. The molecule has 6 heteroatoms. The number of ether oxygens (including phenoxy) is 1. The zero-order chi connectivity index (χ0) is 17.2. The molecule has 128 valence electrons. The minimum atomic E-state index is -0.577. The van der Waals surface area contributed by atoms with Crippen LogP contribution in [0.15, 0.2) is 0 Å². The summed E-state index contributed by atoms with van der Waals surface area (Å²) in [5.74, 6) is 0.00198. The molecule has 1 aliphatic rings. The molecule has 1 atom stereocenters. The SMILES string of the molecule is CCOC(=O)[C@@]1(C(C)C)CCN(C(=O)Cc2c(C)n[nH]c2C)C1. The Kier molecular flexibility index (Phi) is 5.12. The summed E-state index contributed by atoms with van der Waals surface area (Å²) in [4.78, 5) is 26.9. The summed E-state index contributed by atoms with van der Waals surface area (Å²) in [6.07, 6.45) is 0.990. The third-order valence-corrected chi connectivity index (χ3v) is 5.05. The Morgan fingerprint density at radius 1 is 1.39 bits per heavy atom. The highest BCUT2D eigenvalue weighted by atomic mass is 16.5. The quantitative estimate of drug-likeness (QED) is 0.842. The van der Waals surface area contributed by atoms with Gasteiger partial charge in [0.15, 0.2) is 0 Å². The molecule has 0 aliphatic carbocycles. The van der Waals surface area contributed by atoms with Crippen LogP contribution in [0.1, 0.15) is 44.1 Å². The van der Waals surface area contributed by atoms with Crippen LogP contribution in [0.2, 0.25) is 0 Å². The number of carbonyl (C=O) groups excluding carboxylic acids is 2. The maximum absolute atomic E-state index is 12.6. The Bertz CT molecular complexity index is 574. The van der Waals surface area contributed by atoms with Crippen LogP contribution in [-0.2, 0) is 20.7 Å². The van der Waals surface area contributed by atoms with Crippen molar-refractivity contribution < 1.29 is 14.3 Å². The number of carbonyl (C=O) groups is 2. The monoisotopic (exact) mass is 321 g/mol. The fourth-order valence-electron chi connectivity index (χ4n) is 3.29. The topological polar surface area (TPSA) is 75.3 Å². The van der Waals surface area contributed by atoms with Crippen molar-refractivity contribution in [2.45, 2.75) is 47.5 Å². The number of hydrogen-bond donors (Lipinski definition) is 1. The van der Waals surface area contributed by atoms with Crippen molar-refractivity contribution in [3.8, 4) is 0 Å². The summed E-state index contributed by atoms with van der Waals surface area (Å²) >= 11 is 0. The van der Waals surface area contributed by atoms with E-state index in [2.05, 4.69) is 10.2 Å². The van der Waals surface area contributed by atoms with Crippen LogP contribution < -0.4 is 0 Å². The van der Waals surface area contributed by atoms with Crippen molar-refractivity contribution in [1.29, 1.82) is 0 Å². The summed E-state index contributed by atoms with van der Waals surface area (Å²) in [6, 6.07) is 0. The van der Waals surface area contributed by atoms with Gasteiger partial charge >= 0.3 is 5.97 Å². The van der Waals surface area contributed by atoms with Crippen molar-refractivity contribution in [3.63, 3.8) is 0 Å². The minimum Gasteiger partial charge on any atom is -0.466 e. The molecular weight excluding hydrogens is 294 g/mol. The fraction of sp³-hybridized carbons (Fsp3) is 0.706. The number of rotatable bonds is 5. The number of nitrogens with one attached hydrogen (secondary N) is 1. The van der Waals surface area contributed by atoms with Gasteiger partial charge in [0.05, 0.1) is 24.1 Å². The van der Waals surface area contributed by atoms with Gasteiger partial charge in [-0.1, -0.05) is 13.8 Å². The first-order valence-corrected chi connectivity index (χ1v) is 8.27. The van der Waals surface area contributed by atoms with E-state index >= 15 is 0 Å². The van der Waals surface area contributed by atoms with E-state index in [0.717, 1.165) is 17.0 Å². The van der Waals surface area contributed by atoms with Gasteiger partial charge in [0.2, 0.25) is 5.91 Å². The van der Waals surface area contributed by atoms with Gasteiger partial charge in [-0.05, 0) is 33.1 Å². The molecule has 23 heavy (non-hydrogen) atoms. The highest BCUT2D eigenvalue weighted by Crippen LogP contribution is 2.39. The van der Waals surface area contributed by atoms with Crippen LogP contribution in [-0.4, -0.2) is 46.7 Å². The molecule has 1 amide bonds. The summed E-state index contributed by atoms with van der Waals surface area (Å²) in [5, 5.41) is 7.04. The first-order valence-electron chi connectivity index (χ1n) is 8.27. The molecule has 0 saturated carbocycles. The standard InChI is InChI=1S/C17H27N3O3/c1-6-23-16(22)17(11(2)3)7-8-20(10-17)15(21)9-14-12(4)18-19-13(14)5/h11H,6-10H2,1-5H3,(H,18,19)/t17-/m0/s1. The zero-order valence-electron chi connectivity index (χ0n) is 14.7. The number of esters is 1. The van der Waals surface area contributed by atoms with Gasteiger partial charge in [0.1, 0.15) is 0 Å². The van der Waals surface area contributed by atoms with Crippen LogP contribution in [0.4, 0.5) is 0 Å². The number of amides is 1. The number of hydrogen-bond acceptors (Lipinski definition) is 4. The molecular formula is C17H27N3O3. The summed E-state index contributed by atoms with van der Waals surface area (Å²) in [5.41, 5.74) is 2.16. The van der Waals surface area contributed by atoms with Crippen molar-refractivity contribution in [1.82, 2.24) is 15.1 Å². The molecule has 0 radical (unpaired) electrons. The average molecular weight is 321 g/mol. The van der Waals surface area contributed by atoms with Crippen molar-refractivity contribution in [2.24, 2.45) is 11.3 Å². The smallest absolute Gasteiger partial charge is 0.314 e. The Hall–Kier alpha value is -1.85. The maximum Gasteiger partial charge on any atom is 0.314 e. The number of aromatic nitrogens is 2. The molecule has 1 aromatic heterocycles. The van der Waals surface area contributed by atoms with Crippen molar-refractivity contribution in [3.05, 3.63) is 17.0 Å². The highest BCUT2D eigenvalue weighted by Gasteiger charge is 2.49. The second-order valence-corrected chi connectivity index (χ2v) is 6.69. The lowest BCUT2D eigenvalue weighted by molar-refractivity contribution is -0.157. The van der Waals surface area contributed by atoms with Gasteiger partial charge in [-0.15, -0.1) is 0 Å².